The van der Waals surface area contributed by atoms with Crippen LogP contribution in [0.1, 0.15) is 44.7 Å². The first kappa shape index (κ1) is 19.4. The maximum Gasteiger partial charge on any atom is 0.247 e. The van der Waals surface area contributed by atoms with E-state index in [4.69, 9.17) is 0 Å². The third-order valence-electron chi connectivity index (χ3n) is 4.84. The minimum Gasteiger partial charge on any atom is -0.391 e. The smallest absolute Gasteiger partial charge is 0.247 e. The first-order valence-corrected chi connectivity index (χ1v) is 8.92. The molecule has 2 unspecified atom stereocenters. The number of amides is 2. The summed E-state index contributed by atoms with van der Waals surface area (Å²) < 4.78 is 0. The highest BCUT2D eigenvalue weighted by molar-refractivity contribution is 5.89. The zero-order chi connectivity index (χ0) is 18.8. The molecule has 0 spiro atoms. The van der Waals surface area contributed by atoms with Crippen molar-refractivity contribution >= 4 is 11.8 Å². The van der Waals surface area contributed by atoms with Crippen molar-refractivity contribution in [3.8, 4) is 0 Å². The van der Waals surface area contributed by atoms with E-state index in [1.165, 1.54) is 12.5 Å². The fourth-order valence-electron chi connectivity index (χ4n) is 3.01. The van der Waals surface area contributed by atoms with Crippen molar-refractivity contribution in [2.24, 2.45) is 5.92 Å². The summed E-state index contributed by atoms with van der Waals surface area (Å²) in [5.74, 6) is -0.391. The van der Waals surface area contributed by atoms with Crippen LogP contribution in [0.5, 0.6) is 0 Å². The lowest BCUT2D eigenvalue weighted by molar-refractivity contribution is -0.139. The van der Waals surface area contributed by atoms with Gasteiger partial charge in [-0.1, -0.05) is 43.7 Å². The average Bonchev–Trinajstić information content (AvgIpc) is 3.36. The monoisotopic (exact) mass is 346 g/mol. The summed E-state index contributed by atoms with van der Waals surface area (Å²) in [6.07, 6.45) is 0.797. The second-order valence-electron chi connectivity index (χ2n) is 7.95. The Kier molecular flexibility index (Phi) is 5.88. The third-order valence-corrected chi connectivity index (χ3v) is 4.84. The third kappa shape index (κ3) is 5.05. The zero-order valence-corrected chi connectivity index (χ0v) is 15.9. The Morgan fingerprint density at radius 3 is 2.32 bits per heavy atom. The van der Waals surface area contributed by atoms with Crippen LogP contribution >= 0.6 is 0 Å². The Balaban J connectivity index is 2.05. The molecule has 5 nitrogen and oxygen atoms in total. The molecule has 2 atom stereocenters. The number of hydrogen-bond acceptors (Lipinski definition) is 3. The minimum atomic E-state index is -0.930. The predicted octanol–water partition coefficient (Wildman–Crippen LogP) is 2.01. The van der Waals surface area contributed by atoms with E-state index in [2.05, 4.69) is 43.4 Å². The molecule has 2 rings (SSSR count). The quantitative estimate of drug-likeness (QED) is 0.793. The number of hydrogen-bond donors (Lipinski definition) is 2. The first-order valence-electron chi connectivity index (χ1n) is 8.92. The van der Waals surface area contributed by atoms with Gasteiger partial charge in [0.1, 0.15) is 6.04 Å². The number of nitrogens with zero attached hydrogens (tertiary/aromatic N) is 1. The fraction of sp³-hybridized carbons (Fsp3) is 0.600. The van der Waals surface area contributed by atoms with Crippen molar-refractivity contribution in [2.45, 2.75) is 58.1 Å². The molecule has 2 N–H and O–H groups in total. The van der Waals surface area contributed by atoms with Gasteiger partial charge >= 0.3 is 0 Å². The number of carbonyl (C=O) groups is 2. The first-order chi connectivity index (χ1) is 11.6. The number of aliphatic hydroxyl groups is 1. The number of aliphatic hydroxyl groups excluding tert-OH is 1. The van der Waals surface area contributed by atoms with E-state index >= 15 is 0 Å². The highest BCUT2D eigenvalue weighted by Crippen LogP contribution is 2.29. The van der Waals surface area contributed by atoms with E-state index in [0.29, 0.717) is 6.54 Å². The van der Waals surface area contributed by atoms with E-state index in [1.807, 2.05) is 6.92 Å². The minimum absolute atomic E-state index is 0.00311. The average molecular weight is 346 g/mol. The van der Waals surface area contributed by atoms with E-state index in [0.717, 1.165) is 18.4 Å². The Bertz CT molecular complexity index is 618. The van der Waals surface area contributed by atoms with Crippen molar-refractivity contribution in [1.29, 1.82) is 0 Å². The highest BCUT2D eigenvalue weighted by atomic mass is 16.3. The molecule has 5 heteroatoms. The molecule has 1 aromatic rings. The molecule has 0 aromatic heterocycles. The van der Waals surface area contributed by atoms with E-state index < -0.39 is 12.1 Å². The van der Waals surface area contributed by atoms with Gasteiger partial charge in [-0.05, 0) is 32.3 Å². The molecule has 1 aromatic carbocycles. The molecule has 2 amide bonds. The maximum absolute atomic E-state index is 12.8. The molecule has 138 valence electrons. The van der Waals surface area contributed by atoms with Crippen LogP contribution in [0.4, 0.5) is 0 Å². The van der Waals surface area contributed by atoms with Crippen LogP contribution in [0, 0.1) is 12.8 Å². The highest BCUT2D eigenvalue weighted by Gasteiger charge is 2.36. The van der Waals surface area contributed by atoms with Crippen LogP contribution in [0.25, 0.3) is 0 Å². The Morgan fingerprint density at radius 2 is 1.84 bits per heavy atom. The standard InChI is InChI=1S/C20H30N2O3/c1-13-6-10-16(11-7-13)20(3,4)12-22(5)19(25)17(14(2)23)21-18(24)15-8-9-15/h6-7,10-11,14-15,17,23H,8-9,12H2,1-5H3,(H,21,24). The van der Waals surface area contributed by atoms with Gasteiger partial charge in [0.2, 0.25) is 11.8 Å². The van der Waals surface area contributed by atoms with Gasteiger partial charge in [0, 0.05) is 24.9 Å². The van der Waals surface area contributed by atoms with Crippen molar-refractivity contribution in [3.05, 3.63) is 35.4 Å². The molecule has 0 saturated heterocycles. The molecule has 0 aliphatic heterocycles. The number of nitrogens with one attached hydrogen (secondary N) is 1. The van der Waals surface area contributed by atoms with Gasteiger partial charge in [-0.25, -0.2) is 0 Å². The van der Waals surface area contributed by atoms with Crippen LogP contribution in [0.3, 0.4) is 0 Å². The maximum atomic E-state index is 12.8. The predicted molar refractivity (Wildman–Crippen MR) is 98.2 cm³/mol. The SMILES string of the molecule is Cc1ccc(C(C)(C)CN(C)C(=O)C(NC(=O)C2CC2)C(C)O)cc1. The fourth-order valence-corrected chi connectivity index (χ4v) is 3.01. The number of rotatable bonds is 7. The molecular formula is C20H30N2O3. The van der Waals surface area contributed by atoms with Crippen molar-refractivity contribution in [1.82, 2.24) is 10.2 Å². The van der Waals surface area contributed by atoms with Gasteiger partial charge in [0.05, 0.1) is 6.10 Å². The summed E-state index contributed by atoms with van der Waals surface area (Å²) in [6, 6.07) is 7.39. The Labute approximate surface area is 150 Å². The van der Waals surface area contributed by atoms with Gasteiger partial charge < -0.3 is 15.3 Å². The number of likely N-dealkylation sites (N-methyl/N-ethyl adjacent to an activating group) is 1. The summed E-state index contributed by atoms with van der Waals surface area (Å²) in [5.41, 5.74) is 2.11. The van der Waals surface area contributed by atoms with Crippen molar-refractivity contribution in [2.75, 3.05) is 13.6 Å². The van der Waals surface area contributed by atoms with Gasteiger partial charge in [0.15, 0.2) is 0 Å². The summed E-state index contributed by atoms with van der Waals surface area (Å²) in [5, 5.41) is 12.7. The second-order valence-corrected chi connectivity index (χ2v) is 7.95. The Hall–Kier alpha value is -1.88. The molecule has 1 aliphatic rings. The molecule has 0 heterocycles. The number of carbonyl (C=O) groups excluding carboxylic acids is 2. The second kappa shape index (κ2) is 7.56. The zero-order valence-electron chi connectivity index (χ0n) is 15.9. The summed E-state index contributed by atoms with van der Waals surface area (Å²) in [6.45, 7) is 8.25. The summed E-state index contributed by atoms with van der Waals surface area (Å²) in [7, 11) is 1.72. The van der Waals surface area contributed by atoms with Gasteiger partial charge in [-0.15, -0.1) is 0 Å². The van der Waals surface area contributed by atoms with Crippen LogP contribution in [0.15, 0.2) is 24.3 Å². The van der Waals surface area contributed by atoms with E-state index in [9.17, 15) is 14.7 Å². The lowest BCUT2D eigenvalue weighted by Gasteiger charge is -2.33. The number of aryl methyl sites for hydroxylation is 1. The van der Waals surface area contributed by atoms with Crippen molar-refractivity contribution in [3.63, 3.8) is 0 Å². The van der Waals surface area contributed by atoms with Gasteiger partial charge in [0.25, 0.3) is 0 Å². The Morgan fingerprint density at radius 1 is 1.28 bits per heavy atom. The molecule has 1 fully saturated rings. The lowest BCUT2D eigenvalue weighted by Crippen LogP contribution is -2.54. The van der Waals surface area contributed by atoms with Crippen LogP contribution < -0.4 is 5.32 Å². The van der Waals surface area contributed by atoms with Crippen molar-refractivity contribution < 1.29 is 14.7 Å². The number of benzene rings is 1. The van der Waals surface area contributed by atoms with Crippen LogP contribution in [0.2, 0.25) is 0 Å². The normalized spacial score (nSPS) is 16.9. The molecular weight excluding hydrogens is 316 g/mol. The summed E-state index contributed by atoms with van der Waals surface area (Å²) >= 11 is 0. The summed E-state index contributed by atoms with van der Waals surface area (Å²) in [4.78, 5) is 26.4. The molecule has 0 radical (unpaired) electrons. The van der Waals surface area contributed by atoms with Gasteiger partial charge in [-0.3, -0.25) is 9.59 Å². The van der Waals surface area contributed by atoms with Crippen LogP contribution in [-0.2, 0) is 15.0 Å². The molecule has 0 bridgehead atoms. The largest absolute Gasteiger partial charge is 0.391 e. The van der Waals surface area contributed by atoms with Gasteiger partial charge in [-0.2, -0.15) is 0 Å². The van der Waals surface area contributed by atoms with Crippen LogP contribution in [-0.4, -0.2) is 47.6 Å². The van der Waals surface area contributed by atoms with E-state index in [1.54, 1.807) is 11.9 Å². The lowest BCUT2D eigenvalue weighted by atomic mass is 9.83. The molecule has 25 heavy (non-hydrogen) atoms. The molecule has 1 saturated carbocycles. The topological polar surface area (TPSA) is 69.6 Å². The molecule has 1 aliphatic carbocycles. The van der Waals surface area contributed by atoms with E-state index in [-0.39, 0.29) is 23.1 Å².